The molecule has 0 aliphatic rings. The Morgan fingerprint density at radius 2 is 2.17 bits per heavy atom. The van der Waals surface area contributed by atoms with Crippen LogP contribution in [-0.2, 0) is 9.53 Å². The molecule has 5 nitrogen and oxygen atoms in total. The number of nitrogens with one attached hydrogen (secondary N) is 1. The Kier molecular flexibility index (Phi) is 5.12. The Morgan fingerprint density at radius 3 is 2.72 bits per heavy atom. The largest absolute Gasteiger partial charge is 0.465 e. The average Bonchev–Trinajstić information content (AvgIpc) is 2.39. The number of hydrogen-bond donors (Lipinski definition) is 2. The molecule has 6 heteroatoms. The van der Waals surface area contributed by atoms with Crippen LogP contribution in [0.5, 0.6) is 0 Å². The van der Waals surface area contributed by atoms with Gasteiger partial charge in [-0.2, -0.15) is 0 Å². The fourth-order valence-electron chi connectivity index (χ4n) is 1.28. The van der Waals surface area contributed by atoms with Crippen molar-refractivity contribution in [2.75, 3.05) is 12.4 Å². The van der Waals surface area contributed by atoms with Crippen LogP contribution < -0.4 is 11.1 Å². The van der Waals surface area contributed by atoms with E-state index in [1.54, 1.807) is 6.92 Å². The molecule has 0 spiro atoms. The van der Waals surface area contributed by atoms with Crippen LogP contribution in [0.3, 0.4) is 0 Å². The molecule has 0 saturated heterocycles. The summed E-state index contributed by atoms with van der Waals surface area (Å²) in [6.45, 7) is 1.80. The topological polar surface area (TPSA) is 81.4 Å². The molecule has 98 valence electrons. The van der Waals surface area contributed by atoms with Crippen molar-refractivity contribution in [1.82, 2.24) is 0 Å². The number of benzene rings is 1. The molecular formula is C12H15ClN2O3. The summed E-state index contributed by atoms with van der Waals surface area (Å²) in [5.74, 6) is -0.844. The lowest BCUT2D eigenvalue weighted by molar-refractivity contribution is -0.117. The summed E-state index contributed by atoms with van der Waals surface area (Å²) in [7, 11) is 1.28. The number of nitrogens with two attached hydrogens (primary N) is 1. The molecule has 0 radical (unpaired) electrons. The summed E-state index contributed by atoms with van der Waals surface area (Å²) in [5, 5.41) is 2.91. The van der Waals surface area contributed by atoms with E-state index in [9.17, 15) is 9.59 Å². The number of carbonyl (C=O) groups is 2. The molecule has 0 aliphatic heterocycles. The number of amides is 1. The van der Waals surface area contributed by atoms with Gasteiger partial charge < -0.3 is 15.8 Å². The lowest BCUT2D eigenvalue weighted by Crippen LogP contribution is -2.34. The van der Waals surface area contributed by atoms with Crippen molar-refractivity contribution in [1.29, 1.82) is 0 Å². The fraction of sp³-hybridized carbons (Fsp3) is 0.333. The Labute approximate surface area is 110 Å². The van der Waals surface area contributed by atoms with Crippen molar-refractivity contribution in [2.24, 2.45) is 5.73 Å². The summed E-state index contributed by atoms with van der Waals surface area (Å²) in [4.78, 5) is 23.0. The molecule has 1 aromatic carbocycles. The molecular weight excluding hydrogens is 256 g/mol. The maximum absolute atomic E-state index is 11.6. The van der Waals surface area contributed by atoms with Crippen LogP contribution >= 0.6 is 11.6 Å². The Bertz CT molecular complexity index is 463. The summed E-state index contributed by atoms with van der Waals surface area (Å²) in [6, 6.07) is 3.88. The van der Waals surface area contributed by atoms with E-state index < -0.39 is 12.0 Å². The van der Waals surface area contributed by atoms with Crippen molar-refractivity contribution in [3.05, 3.63) is 28.8 Å². The van der Waals surface area contributed by atoms with E-state index in [1.165, 1.54) is 25.3 Å². The van der Waals surface area contributed by atoms with E-state index in [2.05, 4.69) is 10.1 Å². The van der Waals surface area contributed by atoms with E-state index in [0.717, 1.165) is 0 Å². The van der Waals surface area contributed by atoms with Gasteiger partial charge in [0.15, 0.2) is 0 Å². The van der Waals surface area contributed by atoms with Gasteiger partial charge in [-0.25, -0.2) is 4.79 Å². The molecule has 0 bridgehead atoms. The molecule has 1 rings (SSSR count). The number of esters is 1. The Morgan fingerprint density at radius 1 is 1.50 bits per heavy atom. The molecule has 0 aliphatic carbocycles. The molecule has 1 amide bonds. The third kappa shape index (κ3) is 3.45. The van der Waals surface area contributed by atoms with Gasteiger partial charge in [0.2, 0.25) is 5.91 Å². The Hall–Kier alpha value is -1.59. The van der Waals surface area contributed by atoms with Crippen molar-refractivity contribution >= 4 is 29.2 Å². The predicted molar refractivity (Wildman–Crippen MR) is 69.7 cm³/mol. The number of rotatable bonds is 4. The second kappa shape index (κ2) is 6.37. The van der Waals surface area contributed by atoms with Crippen molar-refractivity contribution in [3.8, 4) is 0 Å². The minimum absolute atomic E-state index is 0.308. The van der Waals surface area contributed by atoms with Gasteiger partial charge >= 0.3 is 5.97 Å². The number of anilines is 1. The second-order valence-corrected chi connectivity index (χ2v) is 4.10. The lowest BCUT2D eigenvalue weighted by atomic mass is 10.2. The molecule has 0 heterocycles. The van der Waals surface area contributed by atoms with Crippen LogP contribution in [0.15, 0.2) is 18.2 Å². The monoisotopic (exact) mass is 270 g/mol. The van der Waals surface area contributed by atoms with Crippen LogP contribution in [0.2, 0.25) is 5.02 Å². The molecule has 0 saturated carbocycles. The first-order chi connectivity index (χ1) is 8.49. The van der Waals surface area contributed by atoms with Crippen LogP contribution in [0, 0.1) is 0 Å². The van der Waals surface area contributed by atoms with Gasteiger partial charge in [-0.05, 0) is 24.6 Å². The minimum Gasteiger partial charge on any atom is -0.465 e. The van der Waals surface area contributed by atoms with Gasteiger partial charge in [-0.1, -0.05) is 18.5 Å². The normalized spacial score (nSPS) is 11.8. The SMILES string of the molecule is CC[C@@H](N)C(=O)Nc1cc(C(=O)OC)ccc1Cl. The molecule has 18 heavy (non-hydrogen) atoms. The smallest absolute Gasteiger partial charge is 0.337 e. The van der Waals surface area contributed by atoms with Crippen molar-refractivity contribution in [2.45, 2.75) is 19.4 Å². The molecule has 0 aromatic heterocycles. The number of ether oxygens (including phenoxy) is 1. The lowest BCUT2D eigenvalue weighted by Gasteiger charge is -2.12. The number of halogens is 1. The van der Waals surface area contributed by atoms with Crippen molar-refractivity contribution in [3.63, 3.8) is 0 Å². The summed E-state index contributed by atoms with van der Waals surface area (Å²) in [6.07, 6.45) is 0.514. The highest BCUT2D eigenvalue weighted by Gasteiger charge is 2.14. The first-order valence-corrected chi connectivity index (χ1v) is 5.81. The maximum Gasteiger partial charge on any atom is 0.337 e. The van der Waals surface area contributed by atoms with E-state index >= 15 is 0 Å². The molecule has 0 unspecified atom stereocenters. The standard InChI is InChI=1S/C12H15ClN2O3/c1-3-9(14)11(16)15-10-6-7(12(17)18-2)4-5-8(10)13/h4-6,9H,3,14H2,1-2H3,(H,15,16)/t9-/m1/s1. The predicted octanol–water partition coefficient (Wildman–Crippen LogP) is 1.80. The third-order valence-electron chi connectivity index (χ3n) is 2.42. The van der Waals surface area contributed by atoms with E-state index in [-0.39, 0.29) is 5.91 Å². The fourth-order valence-corrected chi connectivity index (χ4v) is 1.44. The number of carbonyl (C=O) groups excluding carboxylic acids is 2. The summed E-state index contributed by atoms with van der Waals surface area (Å²) in [5.41, 5.74) is 6.24. The Balaban J connectivity index is 2.94. The van der Waals surface area contributed by atoms with Gasteiger partial charge in [0, 0.05) is 0 Å². The zero-order valence-corrected chi connectivity index (χ0v) is 11.0. The third-order valence-corrected chi connectivity index (χ3v) is 2.75. The van der Waals surface area contributed by atoms with Gasteiger partial charge in [0.25, 0.3) is 0 Å². The van der Waals surface area contributed by atoms with Crippen LogP contribution in [0.1, 0.15) is 23.7 Å². The molecule has 3 N–H and O–H groups in total. The highest BCUT2D eigenvalue weighted by atomic mass is 35.5. The summed E-state index contributed by atoms with van der Waals surface area (Å²) < 4.78 is 4.59. The van der Waals surface area contributed by atoms with Gasteiger partial charge in [-0.3, -0.25) is 4.79 Å². The zero-order chi connectivity index (χ0) is 13.7. The second-order valence-electron chi connectivity index (χ2n) is 3.69. The maximum atomic E-state index is 11.6. The van der Waals surface area contributed by atoms with Gasteiger partial charge in [0.05, 0.1) is 29.4 Å². The molecule has 0 fully saturated rings. The molecule has 1 aromatic rings. The highest BCUT2D eigenvalue weighted by molar-refractivity contribution is 6.33. The number of methoxy groups -OCH3 is 1. The zero-order valence-electron chi connectivity index (χ0n) is 10.2. The van der Waals surface area contributed by atoms with Crippen molar-refractivity contribution < 1.29 is 14.3 Å². The summed E-state index contributed by atoms with van der Waals surface area (Å²) >= 11 is 5.93. The van der Waals surface area contributed by atoms with E-state index in [1.807, 2.05) is 0 Å². The number of hydrogen-bond acceptors (Lipinski definition) is 4. The van der Waals surface area contributed by atoms with E-state index in [4.69, 9.17) is 17.3 Å². The minimum atomic E-state index is -0.608. The van der Waals surface area contributed by atoms with E-state index in [0.29, 0.717) is 22.7 Å². The van der Waals surface area contributed by atoms with Crippen LogP contribution in [0.4, 0.5) is 5.69 Å². The average molecular weight is 271 g/mol. The first-order valence-electron chi connectivity index (χ1n) is 5.44. The highest BCUT2D eigenvalue weighted by Crippen LogP contribution is 2.23. The van der Waals surface area contributed by atoms with Gasteiger partial charge in [0.1, 0.15) is 0 Å². The van der Waals surface area contributed by atoms with Gasteiger partial charge in [-0.15, -0.1) is 0 Å². The quantitative estimate of drug-likeness (QED) is 0.818. The molecule has 1 atom stereocenters. The first kappa shape index (κ1) is 14.5. The van der Waals surface area contributed by atoms with Crippen LogP contribution in [0.25, 0.3) is 0 Å². The van der Waals surface area contributed by atoms with Crippen LogP contribution in [-0.4, -0.2) is 25.0 Å².